The number of rotatable bonds is 4. The molecule has 0 aliphatic carbocycles. The van der Waals surface area contributed by atoms with Crippen LogP contribution in [-0.4, -0.2) is 24.1 Å². The molecule has 3 aromatic carbocycles. The van der Waals surface area contributed by atoms with Crippen LogP contribution in [-0.2, 0) is 5.41 Å². The second-order valence-electron chi connectivity index (χ2n) is 10.7. The van der Waals surface area contributed by atoms with Gasteiger partial charge in [0.25, 0.3) is 0 Å². The molecule has 190 valence electrons. The zero-order chi connectivity index (χ0) is 26.6. The fraction of sp³-hybridized carbons (Fsp3) is 0.121. The van der Waals surface area contributed by atoms with Gasteiger partial charge in [-0.15, -0.1) is 0 Å². The normalized spacial score (nSPS) is 12.0. The number of fused-ring (bicyclic) bond motifs is 4. The number of imidazole rings is 1. The fourth-order valence-electron chi connectivity index (χ4n) is 5.14. The number of hydrogen-bond acceptors (Lipinski definition) is 4. The minimum Gasteiger partial charge on any atom is -0.457 e. The second kappa shape index (κ2) is 8.81. The van der Waals surface area contributed by atoms with Crippen molar-refractivity contribution in [3.63, 3.8) is 0 Å². The molecule has 0 fully saturated rings. The summed E-state index contributed by atoms with van der Waals surface area (Å²) in [6, 6.07) is 30.8. The average molecular weight is 510 g/mol. The van der Waals surface area contributed by atoms with Gasteiger partial charge in [-0.3, -0.25) is 9.13 Å². The van der Waals surface area contributed by atoms with Crippen molar-refractivity contribution in [1.29, 1.82) is 0 Å². The lowest BCUT2D eigenvalue weighted by molar-refractivity contribution is 0.482. The van der Waals surface area contributed by atoms with Gasteiger partial charge in [-0.1, -0.05) is 51.1 Å². The SMILES string of the molecule is CC(C)(C)c1ccnc(-n2c3ccccc3c3ccc(Oc4ccnc(-n5cnc6ccccc65)c4)cc32)c1. The molecular weight excluding hydrogens is 482 g/mol. The molecular formula is C33H27N5O. The minimum absolute atomic E-state index is 0.0182. The predicted octanol–water partition coefficient (Wildman–Crippen LogP) is 8.00. The van der Waals surface area contributed by atoms with Crippen LogP contribution in [0.25, 0.3) is 44.5 Å². The number of ether oxygens (including phenoxy) is 1. The van der Waals surface area contributed by atoms with Gasteiger partial charge in [0.15, 0.2) is 0 Å². The highest BCUT2D eigenvalue weighted by molar-refractivity contribution is 6.09. The quantitative estimate of drug-likeness (QED) is 0.241. The van der Waals surface area contributed by atoms with E-state index >= 15 is 0 Å². The summed E-state index contributed by atoms with van der Waals surface area (Å²) in [4.78, 5) is 13.8. The molecule has 0 spiro atoms. The third-order valence-electron chi connectivity index (χ3n) is 7.14. The standard InChI is InChI=1S/C33H27N5O/c1-33(2,3)22-14-16-35-32(18-22)38-28-10-6-4-8-25(28)26-13-12-23(19-30(26)38)39-24-15-17-34-31(20-24)37-21-36-27-9-5-7-11-29(27)37/h4-21H,1-3H3. The van der Waals surface area contributed by atoms with E-state index in [0.717, 1.165) is 44.8 Å². The highest BCUT2D eigenvalue weighted by Gasteiger charge is 2.18. The molecule has 0 aliphatic rings. The highest BCUT2D eigenvalue weighted by atomic mass is 16.5. The zero-order valence-electron chi connectivity index (χ0n) is 22.0. The summed E-state index contributed by atoms with van der Waals surface area (Å²) >= 11 is 0. The van der Waals surface area contributed by atoms with Gasteiger partial charge in [0, 0.05) is 35.3 Å². The third kappa shape index (κ3) is 4.01. The van der Waals surface area contributed by atoms with Crippen LogP contribution in [0.3, 0.4) is 0 Å². The maximum absolute atomic E-state index is 6.39. The van der Waals surface area contributed by atoms with Crippen molar-refractivity contribution in [1.82, 2.24) is 24.1 Å². The Morgan fingerprint density at radius 1 is 0.615 bits per heavy atom. The van der Waals surface area contributed by atoms with Crippen molar-refractivity contribution in [2.45, 2.75) is 26.2 Å². The van der Waals surface area contributed by atoms with E-state index in [0.29, 0.717) is 5.75 Å². The van der Waals surface area contributed by atoms with Crippen molar-refractivity contribution in [3.8, 4) is 23.1 Å². The molecule has 39 heavy (non-hydrogen) atoms. The summed E-state index contributed by atoms with van der Waals surface area (Å²) in [7, 11) is 0. The Morgan fingerprint density at radius 3 is 2.21 bits per heavy atom. The Bertz CT molecular complexity index is 1990. The smallest absolute Gasteiger partial charge is 0.142 e. The maximum Gasteiger partial charge on any atom is 0.142 e. The summed E-state index contributed by atoms with van der Waals surface area (Å²) in [6.07, 6.45) is 5.45. The fourth-order valence-corrected chi connectivity index (χ4v) is 5.14. The Balaban J connectivity index is 1.33. The Morgan fingerprint density at radius 2 is 1.33 bits per heavy atom. The molecule has 6 nitrogen and oxygen atoms in total. The topological polar surface area (TPSA) is 57.8 Å². The van der Waals surface area contributed by atoms with Crippen molar-refractivity contribution in [3.05, 3.63) is 115 Å². The Labute approximate surface area is 226 Å². The van der Waals surface area contributed by atoms with E-state index in [4.69, 9.17) is 9.72 Å². The summed E-state index contributed by atoms with van der Waals surface area (Å²) in [5.41, 5.74) is 5.33. The molecule has 0 unspecified atom stereocenters. The monoisotopic (exact) mass is 509 g/mol. The average Bonchev–Trinajstić information content (AvgIpc) is 3.52. The van der Waals surface area contributed by atoms with Crippen molar-refractivity contribution < 1.29 is 4.74 Å². The van der Waals surface area contributed by atoms with Gasteiger partial charge in [-0.25, -0.2) is 15.0 Å². The molecule has 6 heteroatoms. The van der Waals surface area contributed by atoms with Crippen molar-refractivity contribution in [2.24, 2.45) is 0 Å². The number of para-hydroxylation sites is 3. The number of pyridine rings is 2. The van der Waals surface area contributed by atoms with Gasteiger partial charge in [0.1, 0.15) is 29.5 Å². The molecule has 0 amide bonds. The van der Waals surface area contributed by atoms with Gasteiger partial charge >= 0.3 is 0 Å². The lowest BCUT2D eigenvalue weighted by Gasteiger charge is -2.20. The molecule has 0 saturated heterocycles. The molecule has 0 N–H and O–H groups in total. The molecule has 7 aromatic rings. The van der Waals surface area contributed by atoms with E-state index in [1.165, 1.54) is 10.9 Å². The van der Waals surface area contributed by atoms with Gasteiger partial charge < -0.3 is 4.74 Å². The molecule has 0 bridgehead atoms. The van der Waals surface area contributed by atoms with E-state index in [9.17, 15) is 0 Å². The summed E-state index contributed by atoms with van der Waals surface area (Å²) in [6.45, 7) is 6.67. The summed E-state index contributed by atoms with van der Waals surface area (Å²) in [5, 5.41) is 2.33. The van der Waals surface area contributed by atoms with Crippen LogP contribution >= 0.6 is 0 Å². The molecule has 0 atom stereocenters. The second-order valence-corrected chi connectivity index (χ2v) is 10.7. The minimum atomic E-state index is 0.0182. The first kappa shape index (κ1) is 23.2. The highest BCUT2D eigenvalue weighted by Crippen LogP contribution is 2.36. The maximum atomic E-state index is 6.39. The molecule has 4 aromatic heterocycles. The predicted molar refractivity (Wildman–Crippen MR) is 156 cm³/mol. The molecule has 0 radical (unpaired) electrons. The molecule has 4 heterocycles. The largest absolute Gasteiger partial charge is 0.457 e. The molecule has 0 aliphatic heterocycles. The first-order valence-corrected chi connectivity index (χ1v) is 13.0. The summed E-state index contributed by atoms with van der Waals surface area (Å²) in [5.74, 6) is 3.09. The molecule has 0 saturated carbocycles. The summed E-state index contributed by atoms with van der Waals surface area (Å²) < 4.78 is 10.6. The van der Waals surface area contributed by atoms with Crippen molar-refractivity contribution >= 4 is 32.8 Å². The number of nitrogens with zero attached hydrogens (tertiary/aromatic N) is 5. The Hall–Kier alpha value is -4.97. The first-order valence-electron chi connectivity index (χ1n) is 13.0. The van der Waals surface area contributed by atoms with Crippen LogP contribution in [0.2, 0.25) is 0 Å². The van der Waals surface area contributed by atoms with Crippen LogP contribution in [0.15, 0.2) is 110 Å². The number of hydrogen-bond donors (Lipinski definition) is 0. The van der Waals surface area contributed by atoms with Gasteiger partial charge in [-0.2, -0.15) is 0 Å². The molecule has 7 rings (SSSR count). The van der Waals surface area contributed by atoms with Crippen LogP contribution in [0.5, 0.6) is 11.5 Å². The zero-order valence-corrected chi connectivity index (χ0v) is 22.0. The number of benzene rings is 3. The van der Waals surface area contributed by atoms with Crippen LogP contribution in [0, 0.1) is 0 Å². The third-order valence-corrected chi connectivity index (χ3v) is 7.14. The Kier molecular flexibility index (Phi) is 5.23. The van der Waals surface area contributed by atoms with Gasteiger partial charge in [0.2, 0.25) is 0 Å². The van der Waals surface area contributed by atoms with E-state index in [1.54, 1.807) is 12.5 Å². The van der Waals surface area contributed by atoms with Crippen LogP contribution in [0.4, 0.5) is 0 Å². The lowest BCUT2D eigenvalue weighted by Crippen LogP contribution is -2.12. The van der Waals surface area contributed by atoms with E-state index in [1.807, 2.05) is 53.2 Å². The van der Waals surface area contributed by atoms with E-state index in [2.05, 4.69) is 83.8 Å². The lowest BCUT2D eigenvalue weighted by atomic mass is 9.88. The number of aromatic nitrogens is 5. The van der Waals surface area contributed by atoms with Crippen molar-refractivity contribution in [2.75, 3.05) is 0 Å². The van der Waals surface area contributed by atoms with Gasteiger partial charge in [-0.05, 0) is 59.5 Å². The van der Waals surface area contributed by atoms with Crippen LogP contribution < -0.4 is 4.74 Å². The van der Waals surface area contributed by atoms with Crippen LogP contribution in [0.1, 0.15) is 26.3 Å². The van der Waals surface area contributed by atoms with E-state index in [-0.39, 0.29) is 5.41 Å². The first-order chi connectivity index (χ1) is 19.0. The van der Waals surface area contributed by atoms with Gasteiger partial charge in [0.05, 0.1) is 22.1 Å². The van der Waals surface area contributed by atoms with E-state index < -0.39 is 0 Å².